The Balaban J connectivity index is 1.75. The fourth-order valence-corrected chi connectivity index (χ4v) is 2.65. The molecule has 0 saturated heterocycles. The zero-order valence-electron chi connectivity index (χ0n) is 14.5. The number of ether oxygens (including phenoxy) is 1. The van der Waals surface area contributed by atoms with Crippen LogP contribution in [0.3, 0.4) is 0 Å². The molecule has 1 amide bonds. The number of hydrogen-bond acceptors (Lipinski definition) is 4. The van der Waals surface area contributed by atoms with Gasteiger partial charge in [-0.1, -0.05) is 6.92 Å². The number of carbonyl (C=O) groups is 1. The normalized spacial score (nSPS) is 10.5. The number of nitrogens with one attached hydrogen (secondary N) is 1. The van der Waals surface area contributed by atoms with Gasteiger partial charge in [0.15, 0.2) is 0 Å². The molecule has 0 aliphatic heterocycles. The van der Waals surface area contributed by atoms with Gasteiger partial charge in [-0.05, 0) is 49.2 Å². The number of hydrogen-bond donors (Lipinski definition) is 1. The molecule has 0 unspecified atom stereocenters. The van der Waals surface area contributed by atoms with E-state index in [4.69, 9.17) is 4.74 Å². The summed E-state index contributed by atoms with van der Waals surface area (Å²) in [6.45, 7) is 3.94. The average molecular weight is 336 g/mol. The quantitative estimate of drug-likeness (QED) is 0.771. The van der Waals surface area contributed by atoms with Gasteiger partial charge in [0.1, 0.15) is 11.5 Å². The fourth-order valence-electron chi connectivity index (χ4n) is 2.65. The predicted molar refractivity (Wildman–Crippen MR) is 96.0 cm³/mol. The van der Waals surface area contributed by atoms with Crippen molar-refractivity contribution in [3.8, 4) is 11.5 Å². The van der Waals surface area contributed by atoms with E-state index in [9.17, 15) is 4.79 Å². The molecule has 6 heteroatoms. The zero-order valence-corrected chi connectivity index (χ0v) is 14.5. The summed E-state index contributed by atoms with van der Waals surface area (Å²) >= 11 is 0. The number of aromatic nitrogens is 3. The third-order valence-corrected chi connectivity index (χ3v) is 3.94. The van der Waals surface area contributed by atoms with Crippen LogP contribution in [0.2, 0.25) is 0 Å². The molecule has 2 heterocycles. The molecule has 0 bridgehead atoms. The Morgan fingerprint density at radius 2 is 2.12 bits per heavy atom. The first-order valence-electron chi connectivity index (χ1n) is 8.09. The molecule has 0 fully saturated rings. The fraction of sp³-hybridized carbons (Fsp3) is 0.211. The van der Waals surface area contributed by atoms with E-state index in [2.05, 4.69) is 15.4 Å². The van der Waals surface area contributed by atoms with Crippen LogP contribution >= 0.6 is 0 Å². The van der Waals surface area contributed by atoms with Gasteiger partial charge in [0.05, 0.1) is 23.7 Å². The van der Waals surface area contributed by atoms with Gasteiger partial charge in [-0.2, -0.15) is 5.10 Å². The number of amides is 1. The highest BCUT2D eigenvalue weighted by Gasteiger charge is 2.15. The standard InChI is InChI=1S/C19H20N4O2/c1-4-17-16(12-21-23(17)3)19(24)22-14-7-8-18(13(2)10-14)25-15-6-5-9-20-11-15/h5-12H,4H2,1-3H3,(H,22,24). The van der Waals surface area contributed by atoms with E-state index in [-0.39, 0.29) is 5.91 Å². The highest BCUT2D eigenvalue weighted by molar-refractivity contribution is 6.05. The lowest BCUT2D eigenvalue weighted by Crippen LogP contribution is -2.14. The molecule has 2 aromatic heterocycles. The van der Waals surface area contributed by atoms with E-state index in [1.807, 2.05) is 51.2 Å². The first-order chi connectivity index (χ1) is 12.1. The van der Waals surface area contributed by atoms with Crippen LogP contribution in [0.15, 0.2) is 48.9 Å². The third-order valence-electron chi connectivity index (χ3n) is 3.94. The van der Waals surface area contributed by atoms with E-state index in [0.717, 1.165) is 23.4 Å². The monoisotopic (exact) mass is 336 g/mol. The van der Waals surface area contributed by atoms with Gasteiger partial charge in [0.25, 0.3) is 5.91 Å². The molecular formula is C19H20N4O2. The lowest BCUT2D eigenvalue weighted by atomic mass is 10.1. The molecule has 128 valence electrons. The number of anilines is 1. The summed E-state index contributed by atoms with van der Waals surface area (Å²) in [7, 11) is 1.84. The van der Waals surface area contributed by atoms with Crippen LogP contribution in [0, 0.1) is 6.92 Å². The molecule has 3 rings (SSSR count). The molecule has 0 spiro atoms. The minimum absolute atomic E-state index is 0.162. The van der Waals surface area contributed by atoms with Crippen molar-refractivity contribution in [2.45, 2.75) is 20.3 Å². The smallest absolute Gasteiger partial charge is 0.259 e. The van der Waals surface area contributed by atoms with Crippen molar-refractivity contribution < 1.29 is 9.53 Å². The van der Waals surface area contributed by atoms with Crippen molar-refractivity contribution in [1.29, 1.82) is 0 Å². The van der Waals surface area contributed by atoms with Crippen molar-refractivity contribution in [3.63, 3.8) is 0 Å². The van der Waals surface area contributed by atoms with Gasteiger partial charge in [-0.25, -0.2) is 0 Å². The van der Waals surface area contributed by atoms with Crippen LogP contribution in [-0.2, 0) is 13.5 Å². The number of benzene rings is 1. The number of rotatable bonds is 5. The van der Waals surface area contributed by atoms with Crippen molar-refractivity contribution in [2.75, 3.05) is 5.32 Å². The van der Waals surface area contributed by atoms with Crippen LogP contribution in [0.4, 0.5) is 5.69 Å². The van der Waals surface area contributed by atoms with Crippen LogP contribution in [0.5, 0.6) is 11.5 Å². The van der Waals surface area contributed by atoms with Crippen molar-refractivity contribution in [1.82, 2.24) is 14.8 Å². The van der Waals surface area contributed by atoms with E-state index < -0.39 is 0 Å². The Morgan fingerprint density at radius 3 is 2.80 bits per heavy atom. The second-order valence-corrected chi connectivity index (χ2v) is 5.71. The maximum atomic E-state index is 12.5. The summed E-state index contributed by atoms with van der Waals surface area (Å²) < 4.78 is 7.53. The summed E-state index contributed by atoms with van der Waals surface area (Å²) in [5.41, 5.74) is 3.14. The molecule has 0 atom stereocenters. The molecule has 6 nitrogen and oxygen atoms in total. The van der Waals surface area contributed by atoms with Gasteiger partial charge in [0, 0.05) is 18.9 Å². The molecule has 1 aromatic carbocycles. The summed E-state index contributed by atoms with van der Waals surface area (Å²) in [6, 6.07) is 9.20. The molecule has 0 aliphatic rings. The Bertz CT molecular complexity index is 888. The topological polar surface area (TPSA) is 69.0 Å². The summed E-state index contributed by atoms with van der Waals surface area (Å²) in [5.74, 6) is 1.23. The molecule has 3 aromatic rings. The molecule has 0 aliphatic carbocycles. The maximum absolute atomic E-state index is 12.5. The van der Waals surface area contributed by atoms with Gasteiger partial charge in [-0.15, -0.1) is 0 Å². The highest BCUT2D eigenvalue weighted by atomic mass is 16.5. The predicted octanol–water partition coefficient (Wildman–Crippen LogP) is 3.73. The third kappa shape index (κ3) is 3.68. The van der Waals surface area contributed by atoms with E-state index in [1.54, 1.807) is 23.3 Å². The number of aryl methyl sites for hydroxylation is 2. The van der Waals surface area contributed by atoms with E-state index >= 15 is 0 Å². The Morgan fingerprint density at radius 1 is 1.28 bits per heavy atom. The molecule has 0 radical (unpaired) electrons. The SMILES string of the molecule is CCc1c(C(=O)Nc2ccc(Oc3cccnc3)c(C)c2)cnn1C. The zero-order chi connectivity index (χ0) is 17.8. The Kier molecular flexibility index (Phi) is 4.79. The van der Waals surface area contributed by atoms with Gasteiger partial charge in [0.2, 0.25) is 0 Å². The van der Waals surface area contributed by atoms with Crippen LogP contribution in [-0.4, -0.2) is 20.7 Å². The first kappa shape index (κ1) is 16.7. The van der Waals surface area contributed by atoms with Crippen molar-refractivity contribution in [2.24, 2.45) is 7.05 Å². The number of carbonyl (C=O) groups excluding carboxylic acids is 1. The van der Waals surface area contributed by atoms with Crippen molar-refractivity contribution >= 4 is 11.6 Å². The van der Waals surface area contributed by atoms with Gasteiger partial charge >= 0.3 is 0 Å². The second-order valence-electron chi connectivity index (χ2n) is 5.71. The minimum atomic E-state index is -0.162. The van der Waals surface area contributed by atoms with Crippen LogP contribution < -0.4 is 10.1 Å². The van der Waals surface area contributed by atoms with Gasteiger partial charge < -0.3 is 10.1 Å². The summed E-state index contributed by atoms with van der Waals surface area (Å²) in [5, 5.41) is 7.08. The Hall–Kier alpha value is -3.15. The Labute approximate surface area is 146 Å². The largest absolute Gasteiger partial charge is 0.455 e. The van der Waals surface area contributed by atoms with Crippen molar-refractivity contribution in [3.05, 3.63) is 65.7 Å². The molecular weight excluding hydrogens is 316 g/mol. The summed E-state index contributed by atoms with van der Waals surface area (Å²) in [4.78, 5) is 16.5. The van der Waals surface area contributed by atoms with E-state index in [0.29, 0.717) is 17.0 Å². The number of pyridine rings is 1. The average Bonchev–Trinajstić information content (AvgIpc) is 2.99. The highest BCUT2D eigenvalue weighted by Crippen LogP contribution is 2.27. The van der Waals surface area contributed by atoms with Gasteiger partial charge in [-0.3, -0.25) is 14.5 Å². The molecule has 0 saturated carbocycles. The second kappa shape index (κ2) is 7.17. The molecule has 25 heavy (non-hydrogen) atoms. The van der Waals surface area contributed by atoms with E-state index in [1.165, 1.54) is 0 Å². The lowest BCUT2D eigenvalue weighted by Gasteiger charge is -2.11. The number of nitrogens with zero attached hydrogens (tertiary/aromatic N) is 3. The summed E-state index contributed by atoms with van der Waals surface area (Å²) in [6.07, 6.45) is 5.70. The maximum Gasteiger partial charge on any atom is 0.259 e. The minimum Gasteiger partial charge on any atom is -0.455 e. The van der Waals surface area contributed by atoms with Crippen LogP contribution in [0.1, 0.15) is 28.5 Å². The first-order valence-corrected chi connectivity index (χ1v) is 8.09. The lowest BCUT2D eigenvalue weighted by molar-refractivity contribution is 0.102. The molecule has 1 N–H and O–H groups in total. The van der Waals surface area contributed by atoms with Crippen LogP contribution in [0.25, 0.3) is 0 Å².